The van der Waals surface area contributed by atoms with Gasteiger partial charge in [-0.05, 0) is 37.9 Å². The topological polar surface area (TPSA) is 84.3 Å². The van der Waals surface area contributed by atoms with Crippen LogP contribution in [0.4, 0.5) is 5.00 Å². The Kier molecular flexibility index (Phi) is 6.20. The Balaban J connectivity index is 0.00000180. The molecule has 2 rings (SSSR count). The third kappa shape index (κ3) is 4.45. The first kappa shape index (κ1) is 15.9. The number of amides is 1. The van der Waals surface area contributed by atoms with E-state index >= 15 is 0 Å². The number of nitro groups is 1. The van der Waals surface area contributed by atoms with E-state index in [4.69, 9.17) is 0 Å². The normalized spacial score (nSPS) is 17.8. The van der Waals surface area contributed by atoms with Gasteiger partial charge in [-0.2, -0.15) is 0 Å². The summed E-state index contributed by atoms with van der Waals surface area (Å²) in [7, 11) is 0. The second kappa shape index (κ2) is 7.42. The first-order valence-electron chi connectivity index (χ1n) is 5.90. The Labute approximate surface area is 121 Å². The lowest BCUT2D eigenvalue weighted by Gasteiger charge is -2.08. The molecular weight excluding hydrogens is 290 g/mol. The Morgan fingerprint density at radius 3 is 2.95 bits per heavy atom. The fourth-order valence-corrected chi connectivity index (χ4v) is 2.72. The molecule has 1 aromatic rings. The number of carbonyl (C=O) groups is 1. The number of hydrogen-bond donors (Lipinski definition) is 2. The highest BCUT2D eigenvalue weighted by atomic mass is 35.5. The molecule has 106 valence electrons. The highest BCUT2D eigenvalue weighted by molar-refractivity contribution is 7.17. The SMILES string of the molecule is Cl.O=C(NCCC1CCNC1)c1ccc([N+](=O)[O-])s1. The minimum Gasteiger partial charge on any atom is -0.351 e. The third-order valence-corrected chi connectivity index (χ3v) is 4.03. The summed E-state index contributed by atoms with van der Waals surface area (Å²) < 4.78 is 0. The van der Waals surface area contributed by atoms with Crippen molar-refractivity contribution in [3.05, 3.63) is 27.1 Å². The van der Waals surface area contributed by atoms with Crippen molar-refractivity contribution in [2.24, 2.45) is 5.92 Å². The molecule has 1 atom stereocenters. The Hall–Kier alpha value is -1.18. The molecule has 0 saturated carbocycles. The van der Waals surface area contributed by atoms with Crippen molar-refractivity contribution < 1.29 is 9.72 Å². The van der Waals surface area contributed by atoms with E-state index in [1.165, 1.54) is 12.1 Å². The van der Waals surface area contributed by atoms with Crippen LogP contribution in [0.3, 0.4) is 0 Å². The number of hydrogen-bond acceptors (Lipinski definition) is 5. The maximum absolute atomic E-state index is 11.7. The van der Waals surface area contributed by atoms with Crippen LogP contribution in [0.25, 0.3) is 0 Å². The largest absolute Gasteiger partial charge is 0.351 e. The molecule has 0 bridgehead atoms. The Morgan fingerprint density at radius 1 is 1.58 bits per heavy atom. The fraction of sp³-hybridized carbons (Fsp3) is 0.545. The molecule has 2 heterocycles. The van der Waals surface area contributed by atoms with Crippen molar-refractivity contribution in [1.82, 2.24) is 10.6 Å². The Bertz CT molecular complexity index is 446. The molecule has 2 N–H and O–H groups in total. The van der Waals surface area contributed by atoms with Crippen molar-refractivity contribution in [2.75, 3.05) is 19.6 Å². The van der Waals surface area contributed by atoms with Crippen LogP contribution in [-0.2, 0) is 0 Å². The van der Waals surface area contributed by atoms with E-state index in [0.29, 0.717) is 17.3 Å². The molecule has 0 aromatic carbocycles. The maximum Gasteiger partial charge on any atom is 0.324 e. The van der Waals surface area contributed by atoms with Crippen LogP contribution in [0.15, 0.2) is 12.1 Å². The average Bonchev–Trinajstić information content (AvgIpc) is 2.99. The first-order chi connectivity index (χ1) is 8.66. The predicted octanol–water partition coefficient (Wildman–Crippen LogP) is 1.81. The number of rotatable bonds is 5. The Morgan fingerprint density at radius 2 is 2.37 bits per heavy atom. The van der Waals surface area contributed by atoms with Crippen molar-refractivity contribution in [3.63, 3.8) is 0 Å². The summed E-state index contributed by atoms with van der Waals surface area (Å²) in [4.78, 5) is 22.1. The van der Waals surface area contributed by atoms with Crippen LogP contribution in [0, 0.1) is 16.0 Å². The summed E-state index contributed by atoms with van der Waals surface area (Å²) in [6.45, 7) is 2.69. The molecule has 1 saturated heterocycles. The minimum atomic E-state index is -0.481. The van der Waals surface area contributed by atoms with Gasteiger partial charge in [0.1, 0.15) is 0 Å². The number of carbonyl (C=O) groups excluding carboxylic acids is 1. The molecule has 19 heavy (non-hydrogen) atoms. The van der Waals surface area contributed by atoms with Gasteiger partial charge >= 0.3 is 5.00 Å². The molecule has 0 aliphatic carbocycles. The lowest BCUT2D eigenvalue weighted by molar-refractivity contribution is -0.380. The molecule has 1 aromatic heterocycles. The van der Waals surface area contributed by atoms with Crippen LogP contribution in [0.2, 0.25) is 0 Å². The van der Waals surface area contributed by atoms with Crippen LogP contribution in [-0.4, -0.2) is 30.5 Å². The molecular formula is C11H16ClN3O3S. The first-order valence-corrected chi connectivity index (χ1v) is 6.71. The van der Waals surface area contributed by atoms with E-state index < -0.39 is 4.92 Å². The van der Waals surface area contributed by atoms with E-state index in [1.54, 1.807) is 0 Å². The lowest BCUT2D eigenvalue weighted by atomic mass is 10.1. The van der Waals surface area contributed by atoms with E-state index in [2.05, 4.69) is 10.6 Å². The quantitative estimate of drug-likeness (QED) is 0.642. The van der Waals surface area contributed by atoms with E-state index in [-0.39, 0.29) is 23.3 Å². The van der Waals surface area contributed by atoms with Crippen LogP contribution in [0.5, 0.6) is 0 Å². The summed E-state index contributed by atoms with van der Waals surface area (Å²) in [6.07, 6.45) is 2.10. The van der Waals surface area contributed by atoms with Crippen molar-refractivity contribution in [2.45, 2.75) is 12.8 Å². The summed E-state index contributed by atoms with van der Waals surface area (Å²) in [5.41, 5.74) is 0. The molecule has 1 unspecified atom stereocenters. The van der Waals surface area contributed by atoms with Gasteiger partial charge in [0.05, 0.1) is 9.80 Å². The number of halogens is 1. The van der Waals surface area contributed by atoms with Gasteiger partial charge in [0.25, 0.3) is 5.91 Å². The molecule has 1 amide bonds. The van der Waals surface area contributed by atoms with Gasteiger partial charge in [-0.25, -0.2) is 0 Å². The standard InChI is InChI=1S/C11H15N3O3S.ClH/c15-11(9-1-2-10(18-9)14(16)17)13-6-4-8-3-5-12-7-8;/h1-2,8,12H,3-7H2,(H,13,15);1H. The smallest absolute Gasteiger partial charge is 0.324 e. The summed E-state index contributed by atoms with van der Waals surface area (Å²) in [5, 5.41) is 16.6. The van der Waals surface area contributed by atoms with Gasteiger partial charge < -0.3 is 10.6 Å². The summed E-state index contributed by atoms with van der Waals surface area (Å²) in [6, 6.07) is 2.86. The number of nitrogens with zero attached hydrogens (tertiary/aromatic N) is 1. The molecule has 6 nitrogen and oxygen atoms in total. The van der Waals surface area contributed by atoms with Crippen molar-refractivity contribution >= 4 is 34.7 Å². The minimum absolute atomic E-state index is 0. The van der Waals surface area contributed by atoms with Crippen LogP contribution in [0.1, 0.15) is 22.5 Å². The van der Waals surface area contributed by atoms with E-state index in [9.17, 15) is 14.9 Å². The zero-order valence-electron chi connectivity index (χ0n) is 10.3. The predicted molar refractivity (Wildman–Crippen MR) is 76.1 cm³/mol. The highest BCUT2D eigenvalue weighted by Gasteiger charge is 2.17. The van der Waals surface area contributed by atoms with Gasteiger partial charge in [-0.15, -0.1) is 12.4 Å². The van der Waals surface area contributed by atoms with Gasteiger partial charge in [-0.3, -0.25) is 14.9 Å². The molecule has 0 spiro atoms. The van der Waals surface area contributed by atoms with Gasteiger partial charge in [0.2, 0.25) is 0 Å². The lowest BCUT2D eigenvalue weighted by Crippen LogP contribution is -2.25. The van der Waals surface area contributed by atoms with Gasteiger partial charge in [0.15, 0.2) is 0 Å². The average molecular weight is 306 g/mol. The summed E-state index contributed by atoms with van der Waals surface area (Å²) >= 11 is 0.908. The number of nitrogens with one attached hydrogen (secondary N) is 2. The molecule has 1 aliphatic rings. The second-order valence-electron chi connectivity index (χ2n) is 4.30. The van der Waals surface area contributed by atoms with E-state index in [0.717, 1.165) is 37.3 Å². The van der Waals surface area contributed by atoms with Gasteiger partial charge in [0, 0.05) is 12.6 Å². The summed E-state index contributed by atoms with van der Waals surface area (Å²) in [5.74, 6) is 0.405. The molecule has 0 radical (unpaired) electrons. The van der Waals surface area contributed by atoms with Crippen molar-refractivity contribution in [1.29, 1.82) is 0 Å². The number of thiophene rings is 1. The van der Waals surface area contributed by atoms with Crippen LogP contribution < -0.4 is 10.6 Å². The fourth-order valence-electron chi connectivity index (χ4n) is 1.99. The van der Waals surface area contributed by atoms with Crippen molar-refractivity contribution in [3.8, 4) is 0 Å². The molecule has 1 aliphatic heterocycles. The monoisotopic (exact) mass is 305 g/mol. The maximum atomic E-state index is 11.7. The molecule has 8 heteroatoms. The van der Waals surface area contributed by atoms with Crippen LogP contribution >= 0.6 is 23.7 Å². The van der Waals surface area contributed by atoms with E-state index in [1.807, 2.05) is 0 Å². The second-order valence-corrected chi connectivity index (χ2v) is 5.36. The highest BCUT2D eigenvalue weighted by Crippen LogP contribution is 2.23. The zero-order chi connectivity index (χ0) is 13.0. The van der Waals surface area contributed by atoms with Gasteiger partial charge in [-0.1, -0.05) is 11.3 Å². The zero-order valence-corrected chi connectivity index (χ0v) is 11.9. The molecule has 1 fully saturated rings. The third-order valence-electron chi connectivity index (χ3n) is 3.00.